The summed E-state index contributed by atoms with van der Waals surface area (Å²) in [7, 11) is 1.58. The smallest absolute Gasteiger partial charge is 0.257 e. The van der Waals surface area contributed by atoms with E-state index < -0.39 is 0 Å². The minimum absolute atomic E-state index is 0.0215. The number of hydrogen-bond donors (Lipinski definition) is 4. The number of rotatable bonds is 9. The zero-order chi connectivity index (χ0) is 19.1. The van der Waals surface area contributed by atoms with E-state index in [1.807, 2.05) is 48.7 Å². The van der Waals surface area contributed by atoms with Crippen molar-refractivity contribution < 1.29 is 14.6 Å². The summed E-state index contributed by atoms with van der Waals surface area (Å²) < 4.78 is 5.60. The fraction of sp³-hybridized carbons (Fsp3) is 0.286. The number of carbonyl (C=O) groups excluding carboxylic acids is 1. The number of aliphatic hydroxyl groups is 1. The van der Waals surface area contributed by atoms with Crippen LogP contribution in [-0.4, -0.2) is 42.3 Å². The molecule has 6 heteroatoms. The standard InChI is InChI=1S/C21H25N3O3/c1-22-21(26)14-27-20-9-5-2-6-15(20)11-23-17(13-25)10-16-12-24-19-8-4-3-7-18(16)19/h2-9,12,17,23-25H,10-11,13-14H2,1H3,(H,22,26). The average molecular weight is 367 g/mol. The minimum atomic E-state index is -0.176. The number of nitrogens with one attached hydrogen (secondary N) is 3. The predicted molar refractivity (Wildman–Crippen MR) is 106 cm³/mol. The van der Waals surface area contributed by atoms with E-state index in [1.54, 1.807) is 7.05 Å². The maximum Gasteiger partial charge on any atom is 0.257 e. The highest BCUT2D eigenvalue weighted by Gasteiger charge is 2.13. The van der Waals surface area contributed by atoms with Gasteiger partial charge in [-0.25, -0.2) is 0 Å². The molecule has 2 aromatic carbocycles. The minimum Gasteiger partial charge on any atom is -0.483 e. The van der Waals surface area contributed by atoms with Crippen molar-refractivity contribution in [1.82, 2.24) is 15.6 Å². The lowest BCUT2D eigenvalue weighted by atomic mass is 10.0. The van der Waals surface area contributed by atoms with Gasteiger partial charge in [-0.3, -0.25) is 4.79 Å². The molecular formula is C21H25N3O3. The molecule has 0 saturated carbocycles. The number of carbonyl (C=O) groups is 1. The van der Waals surface area contributed by atoms with Gasteiger partial charge in [-0.2, -0.15) is 0 Å². The van der Waals surface area contributed by atoms with Crippen LogP contribution >= 0.6 is 0 Å². The Morgan fingerprint density at radius 2 is 1.93 bits per heavy atom. The second kappa shape index (κ2) is 9.21. The molecule has 0 aliphatic heterocycles. The number of aromatic amines is 1. The van der Waals surface area contributed by atoms with Crippen molar-refractivity contribution in [3.05, 3.63) is 65.9 Å². The molecule has 1 heterocycles. The Bertz CT molecular complexity index is 891. The van der Waals surface area contributed by atoms with Crippen molar-refractivity contribution in [2.45, 2.75) is 19.0 Å². The number of H-pyrrole nitrogens is 1. The normalized spacial score (nSPS) is 12.1. The number of para-hydroxylation sites is 2. The van der Waals surface area contributed by atoms with Gasteiger partial charge in [-0.1, -0.05) is 36.4 Å². The van der Waals surface area contributed by atoms with Crippen LogP contribution in [0.4, 0.5) is 0 Å². The van der Waals surface area contributed by atoms with E-state index in [-0.39, 0.29) is 25.2 Å². The van der Waals surface area contributed by atoms with Crippen LogP contribution in [0.1, 0.15) is 11.1 Å². The number of amides is 1. The summed E-state index contributed by atoms with van der Waals surface area (Å²) in [6.07, 6.45) is 2.71. The van der Waals surface area contributed by atoms with Gasteiger partial charge < -0.3 is 25.5 Å². The first-order chi connectivity index (χ1) is 13.2. The molecule has 3 rings (SSSR count). The Balaban J connectivity index is 1.63. The maximum absolute atomic E-state index is 11.4. The first-order valence-electron chi connectivity index (χ1n) is 9.01. The van der Waals surface area contributed by atoms with Crippen LogP contribution in [0.3, 0.4) is 0 Å². The van der Waals surface area contributed by atoms with Gasteiger partial charge in [0, 0.05) is 42.3 Å². The zero-order valence-electron chi connectivity index (χ0n) is 15.4. The summed E-state index contributed by atoms with van der Waals surface area (Å²) in [5, 5.41) is 16.9. The first-order valence-corrected chi connectivity index (χ1v) is 9.01. The van der Waals surface area contributed by atoms with Crippen LogP contribution < -0.4 is 15.4 Å². The maximum atomic E-state index is 11.4. The van der Waals surface area contributed by atoms with Gasteiger partial charge in [0.2, 0.25) is 0 Å². The molecule has 0 spiro atoms. The second-order valence-electron chi connectivity index (χ2n) is 6.39. The highest BCUT2D eigenvalue weighted by Crippen LogP contribution is 2.20. The highest BCUT2D eigenvalue weighted by molar-refractivity contribution is 5.83. The molecule has 0 aliphatic rings. The van der Waals surface area contributed by atoms with E-state index >= 15 is 0 Å². The van der Waals surface area contributed by atoms with Crippen LogP contribution in [0.2, 0.25) is 0 Å². The van der Waals surface area contributed by atoms with Gasteiger partial charge >= 0.3 is 0 Å². The number of likely N-dealkylation sites (N-methyl/N-ethyl adjacent to an activating group) is 1. The third-order valence-corrected chi connectivity index (χ3v) is 4.55. The summed E-state index contributed by atoms with van der Waals surface area (Å²) in [5.41, 5.74) is 3.21. The molecule has 3 aromatic rings. The van der Waals surface area contributed by atoms with Gasteiger partial charge in [0.1, 0.15) is 5.75 Å². The number of ether oxygens (including phenoxy) is 1. The summed E-state index contributed by atoms with van der Waals surface area (Å²) in [5.74, 6) is 0.489. The molecule has 142 valence electrons. The van der Waals surface area contributed by atoms with Gasteiger partial charge in [0.25, 0.3) is 5.91 Å². The Hall–Kier alpha value is -2.83. The second-order valence-corrected chi connectivity index (χ2v) is 6.39. The predicted octanol–water partition coefficient (Wildman–Crippen LogP) is 1.99. The largest absolute Gasteiger partial charge is 0.483 e. The lowest BCUT2D eigenvalue weighted by Gasteiger charge is -2.18. The fourth-order valence-corrected chi connectivity index (χ4v) is 3.03. The Labute approximate surface area is 158 Å². The monoisotopic (exact) mass is 367 g/mol. The summed E-state index contributed by atoms with van der Waals surface area (Å²) in [6, 6.07) is 15.6. The van der Waals surface area contributed by atoms with Gasteiger partial charge in [0.05, 0.1) is 6.61 Å². The van der Waals surface area contributed by atoms with Crippen LogP contribution in [-0.2, 0) is 17.8 Å². The van der Waals surface area contributed by atoms with Crippen molar-refractivity contribution in [2.24, 2.45) is 0 Å². The van der Waals surface area contributed by atoms with Crippen LogP contribution in [0, 0.1) is 0 Å². The Morgan fingerprint density at radius 3 is 2.74 bits per heavy atom. The molecular weight excluding hydrogens is 342 g/mol. The topological polar surface area (TPSA) is 86.4 Å². The zero-order valence-corrected chi connectivity index (χ0v) is 15.4. The van der Waals surface area contributed by atoms with Crippen molar-refractivity contribution in [3.63, 3.8) is 0 Å². The van der Waals surface area contributed by atoms with Gasteiger partial charge in [0.15, 0.2) is 6.61 Å². The third-order valence-electron chi connectivity index (χ3n) is 4.55. The van der Waals surface area contributed by atoms with E-state index in [0.29, 0.717) is 18.7 Å². The Morgan fingerprint density at radius 1 is 1.15 bits per heavy atom. The number of aromatic nitrogens is 1. The average Bonchev–Trinajstić information content (AvgIpc) is 3.12. The van der Waals surface area contributed by atoms with E-state index in [1.165, 1.54) is 10.9 Å². The molecule has 4 N–H and O–H groups in total. The molecule has 0 aliphatic carbocycles. The first kappa shape index (κ1) is 18.9. The molecule has 1 amide bonds. The summed E-state index contributed by atoms with van der Waals surface area (Å²) in [6.45, 7) is 0.546. The van der Waals surface area contributed by atoms with E-state index in [2.05, 4.69) is 21.7 Å². The van der Waals surface area contributed by atoms with E-state index in [0.717, 1.165) is 11.1 Å². The van der Waals surface area contributed by atoms with Crippen LogP contribution in [0.5, 0.6) is 5.75 Å². The van der Waals surface area contributed by atoms with Crippen molar-refractivity contribution in [2.75, 3.05) is 20.3 Å². The summed E-state index contributed by atoms with van der Waals surface area (Å²) >= 11 is 0. The summed E-state index contributed by atoms with van der Waals surface area (Å²) in [4.78, 5) is 14.7. The molecule has 0 fully saturated rings. The molecule has 0 bridgehead atoms. The molecule has 6 nitrogen and oxygen atoms in total. The van der Waals surface area contributed by atoms with Crippen molar-refractivity contribution >= 4 is 16.8 Å². The number of aliphatic hydroxyl groups excluding tert-OH is 1. The molecule has 27 heavy (non-hydrogen) atoms. The fourth-order valence-electron chi connectivity index (χ4n) is 3.03. The van der Waals surface area contributed by atoms with Gasteiger partial charge in [-0.05, 0) is 24.1 Å². The van der Waals surface area contributed by atoms with Crippen LogP contribution in [0.15, 0.2) is 54.7 Å². The lowest BCUT2D eigenvalue weighted by molar-refractivity contribution is -0.122. The SMILES string of the molecule is CNC(=O)COc1ccccc1CNC(CO)Cc1c[nH]c2ccccc12. The third kappa shape index (κ3) is 4.87. The van der Waals surface area contributed by atoms with Crippen molar-refractivity contribution in [3.8, 4) is 5.75 Å². The molecule has 1 atom stereocenters. The van der Waals surface area contributed by atoms with Crippen LogP contribution in [0.25, 0.3) is 10.9 Å². The van der Waals surface area contributed by atoms with Gasteiger partial charge in [-0.15, -0.1) is 0 Å². The Kier molecular flexibility index (Phi) is 6.46. The number of fused-ring (bicyclic) bond motifs is 1. The molecule has 0 saturated heterocycles. The van der Waals surface area contributed by atoms with E-state index in [9.17, 15) is 9.90 Å². The molecule has 0 radical (unpaired) electrons. The van der Waals surface area contributed by atoms with Crippen molar-refractivity contribution in [1.29, 1.82) is 0 Å². The highest BCUT2D eigenvalue weighted by atomic mass is 16.5. The number of hydrogen-bond acceptors (Lipinski definition) is 4. The molecule has 1 aromatic heterocycles. The quantitative estimate of drug-likeness (QED) is 0.466. The van der Waals surface area contributed by atoms with E-state index in [4.69, 9.17) is 4.74 Å². The lowest BCUT2D eigenvalue weighted by Crippen LogP contribution is -2.34. The molecule has 1 unspecified atom stereocenters. The number of benzene rings is 2.